The van der Waals surface area contributed by atoms with Crippen molar-refractivity contribution in [1.29, 1.82) is 5.26 Å². The molecule has 0 saturated heterocycles. The number of nitrogen functional groups attached to an aromatic ring is 1. The Labute approximate surface area is 125 Å². The average molecular weight is 311 g/mol. The summed E-state index contributed by atoms with van der Waals surface area (Å²) in [4.78, 5) is -0.0988. The SMILES string of the molecule is CCC(CC)(CO)CNS(=O)(=O)c1ccc(N)cc1C#N. The number of benzene rings is 1. The van der Waals surface area contributed by atoms with E-state index in [1.807, 2.05) is 19.9 Å². The van der Waals surface area contributed by atoms with E-state index in [0.29, 0.717) is 18.5 Å². The molecule has 0 spiro atoms. The van der Waals surface area contributed by atoms with Gasteiger partial charge in [0, 0.05) is 24.3 Å². The topological polar surface area (TPSA) is 116 Å². The largest absolute Gasteiger partial charge is 0.399 e. The maximum absolute atomic E-state index is 12.3. The van der Waals surface area contributed by atoms with E-state index >= 15 is 0 Å². The Hall–Kier alpha value is -1.62. The second-order valence-electron chi connectivity index (χ2n) is 5.06. The van der Waals surface area contributed by atoms with Crippen molar-refractivity contribution in [3.63, 3.8) is 0 Å². The molecule has 0 aliphatic carbocycles. The first kappa shape index (κ1) is 17.4. The molecule has 1 aromatic rings. The van der Waals surface area contributed by atoms with E-state index in [4.69, 9.17) is 11.0 Å². The molecule has 116 valence electrons. The van der Waals surface area contributed by atoms with E-state index in [2.05, 4.69) is 4.72 Å². The molecule has 0 aliphatic rings. The third kappa shape index (κ3) is 3.94. The van der Waals surface area contributed by atoms with Gasteiger partial charge in [-0.3, -0.25) is 0 Å². The lowest BCUT2D eigenvalue weighted by Crippen LogP contribution is -2.39. The molecular formula is C14H21N3O3S. The number of nitrogens with zero attached hydrogens (tertiary/aromatic N) is 1. The molecule has 0 unspecified atom stereocenters. The van der Waals surface area contributed by atoms with Crippen LogP contribution in [0.1, 0.15) is 32.3 Å². The van der Waals surface area contributed by atoms with Gasteiger partial charge in [0.25, 0.3) is 0 Å². The Kier molecular flexibility index (Phi) is 5.72. The lowest BCUT2D eigenvalue weighted by atomic mass is 9.84. The molecule has 0 atom stereocenters. The number of aliphatic hydroxyl groups excluding tert-OH is 1. The Morgan fingerprint density at radius 2 is 2.00 bits per heavy atom. The van der Waals surface area contributed by atoms with E-state index in [0.717, 1.165) is 0 Å². The van der Waals surface area contributed by atoms with Gasteiger partial charge in [-0.2, -0.15) is 5.26 Å². The predicted molar refractivity (Wildman–Crippen MR) is 80.9 cm³/mol. The number of anilines is 1. The summed E-state index contributed by atoms with van der Waals surface area (Å²) >= 11 is 0. The highest BCUT2D eigenvalue weighted by molar-refractivity contribution is 7.89. The second-order valence-corrected chi connectivity index (χ2v) is 6.79. The minimum atomic E-state index is -3.82. The molecule has 0 saturated carbocycles. The van der Waals surface area contributed by atoms with E-state index < -0.39 is 15.4 Å². The van der Waals surface area contributed by atoms with Crippen LogP contribution in [-0.4, -0.2) is 26.7 Å². The van der Waals surface area contributed by atoms with Gasteiger partial charge in [0.15, 0.2) is 0 Å². The third-order valence-electron chi connectivity index (χ3n) is 3.89. The van der Waals surface area contributed by atoms with Crippen molar-refractivity contribution >= 4 is 15.7 Å². The molecule has 0 aromatic heterocycles. The Balaban J connectivity index is 3.06. The van der Waals surface area contributed by atoms with Gasteiger partial charge in [-0.25, -0.2) is 13.1 Å². The van der Waals surface area contributed by atoms with Crippen LogP contribution in [0.2, 0.25) is 0 Å². The number of nitrogens with one attached hydrogen (secondary N) is 1. The van der Waals surface area contributed by atoms with Gasteiger partial charge < -0.3 is 10.8 Å². The van der Waals surface area contributed by atoms with E-state index in [1.54, 1.807) is 0 Å². The van der Waals surface area contributed by atoms with E-state index in [-0.39, 0.29) is 23.6 Å². The van der Waals surface area contributed by atoms with Crippen LogP contribution in [0.4, 0.5) is 5.69 Å². The summed E-state index contributed by atoms with van der Waals surface area (Å²) in [7, 11) is -3.82. The molecule has 0 radical (unpaired) electrons. The van der Waals surface area contributed by atoms with Crippen molar-refractivity contribution in [2.45, 2.75) is 31.6 Å². The highest BCUT2D eigenvalue weighted by atomic mass is 32.2. The first-order valence-corrected chi connectivity index (χ1v) is 8.22. The fourth-order valence-electron chi connectivity index (χ4n) is 1.97. The minimum absolute atomic E-state index is 0.00472. The summed E-state index contributed by atoms with van der Waals surface area (Å²) in [6.07, 6.45) is 1.30. The van der Waals surface area contributed by atoms with Gasteiger partial charge in [0.2, 0.25) is 10.0 Å². The first-order valence-electron chi connectivity index (χ1n) is 6.74. The normalized spacial score (nSPS) is 12.1. The Bertz CT molecular complexity index is 623. The van der Waals surface area contributed by atoms with Crippen LogP contribution in [0.15, 0.2) is 23.1 Å². The molecule has 1 aromatic carbocycles. The zero-order valence-corrected chi connectivity index (χ0v) is 13.1. The minimum Gasteiger partial charge on any atom is -0.399 e. The quantitative estimate of drug-likeness (QED) is 0.655. The number of nitrogens with two attached hydrogens (primary N) is 1. The van der Waals surface area contributed by atoms with Crippen molar-refractivity contribution in [3.8, 4) is 6.07 Å². The van der Waals surface area contributed by atoms with Gasteiger partial charge in [0.1, 0.15) is 6.07 Å². The summed E-state index contributed by atoms with van der Waals surface area (Å²) in [5.74, 6) is 0. The summed E-state index contributed by atoms with van der Waals surface area (Å²) in [5.41, 5.74) is 5.40. The van der Waals surface area contributed by atoms with Crippen molar-refractivity contribution in [3.05, 3.63) is 23.8 Å². The predicted octanol–water partition coefficient (Wildman–Crippen LogP) is 1.22. The van der Waals surface area contributed by atoms with Crippen LogP contribution >= 0.6 is 0 Å². The van der Waals surface area contributed by atoms with Crippen LogP contribution in [0.5, 0.6) is 0 Å². The van der Waals surface area contributed by atoms with Gasteiger partial charge in [-0.1, -0.05) is 13.8 Å². The van der Waals surface area contributed by atoms with Gasteiger partial charge >= 0.3 is 0 Å². The second kappa shape index (κ2) is 6.89. The smallest absolute Gasteiger partial charge is 0.241 e. The number of aliphatic hydroxyl groups is 1. The lowest BCUT2D eigenvalue weighted by molar-refractivity contribution is 0.119. The van der Waals surface area contributed by atoms with Crippen LogP contribution in [0.25, 0.3) is 0 Å². The van der Waals surface area contributed by atoms with Crippen molar-refractivity contribution < 1.29 is 13.5 Å². The molecule has 4 N–H and O–H groups in total. The molecule has 0 fully saturated rings. The number of rotatable bonds is 7. The molecule has 0 aliphatic heterocycles. The highest BCUT2D eigenvalue weighted by Crippen LogP contribution is 2.26. The molecule has 0 amide bonds. The van der Waals surface area contributed by atoms with Gasteiger partial charge in [0.05, 0.1) is 10.5 Å². The molecule has 0 heterocycles. The zero-order valence-electron chi connectivity index (χ0n) is 12.3. The summed E-state index contributed by atoms with van der Waals surface area (Å²) in [6.45, 7) is 3.82. The fourth-order valence-corrected chi connectivity index (χ4v) is 3.27. The van der Waals surface area contributed by atoms with Crippen LogP contribution in [0.3, 0.4) is 0 Å². The van der Waals surface area contributed by atoms with E-state index in [1.165, 1.54) is 18.2 Å². The average Bonchev–Trinajstić information content (AvgIpc) is 2.48. The summed E-state index contributed by atoms with van der Waals surface area (Å²) < 4.78 is 27.1. The molecule has 6 nitrogen and oxygen atoms in total. The van der Waals surface area contributed by atoms with Gasteiger partial charge in [-0.05, 0) is 31.0 Å². The molecule has 0 bridgehead atoms. The number of hydrogen-bond acceptors (Lipinski definition) is 5. The fraction of sp³-hybridized carbons (Fsp3) is 0.500. The Morgan fingerprint density at radius 3 is 2.48 bits per heavy atom. The molecule has 1 rings (SSSR count). The lowest BCUT2D eigenvalue weighted by Gasteiger charge is -2.29. The van der Waals surface area contributed by atoms with Crippen molar-refractivity contribution in [2.24, 2.45) is 5.41 Å². The van der Waals surface area contributed by atoms with Gasteiger partial charge in [-0.15, -0.1) is 0 Å². The summed E-state index contributed by atoms with van der Waals surface area (Å²) in [5, 5.41) is 18.5. The highest BCUT2D eigenvalue weighted by Gasteiger charge is 2.28. The third-order valence-corrected chi connectivity index (χ3v) is 5.35. The maximum Gasteiger partial charge on any atom is 0.241 e. The zero-order chi connectivity index (χ0) is 16.1. The first-order chi connectivity index (χ1) is 9.84. The number of nitriles is 1. The molecule has 21 heavy (non-hydrogen) atoms. The van der Waals surface area contributed by atoms with Crippen LogP contribution in [-0.2, 0) is 10.0 Å². The molecule has 7 heteroatoms. The Morgan fingerprint density at radius 1 is 1.38 bits per heavy atom. The van der Waals surface area contributed by atoms with Crippen LogP contribution < -0.4 is 10.5 Å². The molecular weight excluding hydrogens is 290 g/mol. The standard InChI is InChI=1S/C14H21N3O3S/c1-3-14(4-2,10-18)9-17-21(19,20)13-6-5-12(16)7-11(13)8-15/h5-7,17-18H,3-4,9-10,16H2,1-2H3. The van der Waals surface area contributed by atoms with E-state index in [9.17, 15) is 13.5 Å². The summed E-state index contributed by atoms with van der Waals surface area (Å²) in [6, 6.07) is 5.91. The monoisotopic (exact) mass is 311 g/mol. The maximum atomic E-state index is 12.3. The number of hydrogen-bond donors (Lipinski definition) is 3. The van der Waals surface area contributed by atoms with Crippen molar-refractivity contribution in [2.75, 3.05) is 18.9 Å². The number of sulfonamides is 1. The van der Waals surface area contributed by atoms with Crippen LogP contribution in [0, 0.1) is 16.7 Å². The van der Waals surface area contributed by atoms with Crippen molar-refractivity contribution in [1.82, 2.24) is 4.72 Å².